The fraction of sp³-hybridized carbons (Fsp3) is 0.240. The predicted octanol–water partition coefficient (Wildman–Crippen LogP) is 3.28. The molecule has 0 saturated carbocycles. The molecule has 8 heteroatoms. The zero-order chi connectivity index (χ0) is 22.8. The Kier molecular flexibility index (Phi) is 5.66. The zero-order valence-electron chi connectivity index (χ0n) is 18.8. The number of anilines is 3. The molecule has 0 atom stereocenters. The number of rotatable bonds is 5. The van der Waals surface area contributed by atoms with Crippen LogP contribution in [0.15, 0.2) is 67.0 Å². The maximum Gasteiger partial charge on any atom is 0.253 e. The molecule has 1 saturated heterocycles. The molecule has 0 unspecified atom stereocenters. The topological polar surface area (TPSA) is 78.3 Å². The highest BCUT2D eigenvalue weighted by atomic mass is 16.1. The monoisotopic (exact) mass is 441 g/mol. The van der Waals surface area contributed by atoms with Crippen LogP contribution in [0.4, 0.5) is 17.3 Å². The number of piperazine rings is 1. The molecule has 1 amide bonds. The second-order valence-corrected chi connectivity index (χ2v) is 8.21. The number of hydrogen-bond acceptors (Lipinski definition) is 6. The van der Waals surface area contributed by atoms with Crippen LogP contribution in [0.2, 0.25) is 0 Å². The van der Waals surface area contributed by atoms with Crippen LogP contribution < -0.4 is 15.5 Å². The first-order valence-corrected chi connectivity index (χ1v) is 11.1. The standard InChI is InChI=1S/C25H27N7O/c1-26-24(33)21-17-32(22-6-4-3-5-20(21)22)23-11-12-27-25(29-23)28-18-7-9-19(10-8-18)31-15-13-30(2)14-16-31/h3-12,17H,13-16H2,1-2H3,(H,26,33)(H,27,28,29). The molecule has 8 nitrogen and oxygen atoms in total. The first-order chi connectivity index (χ1) is 16.1. The molecule has 0 aliphatic carbocycles. The normalized spacial score (nSPS) is 14.4. The summed E-state index contributed by atoms with van der Waals surface area (Å²) >= 11 is 0. The average molecular weight is 442 g/mol. The number of carbonyl (C=O) groups is 1. The van der Waals surface area contributed by atoms with Crippen molar-refractivity contribution >= 4 is 34.1 Å². The number of carbonyl (C=O) groups excluding carboxylic acids is 1. The molecule has 168 valence electrons. The molecule has 5 rings (SSSR count). The van der Waals surface area contributed by atoms with Gasteiger partial charge in [-0.05, 0) is 43.4 Å². The summed E-state index contributed by atoms with van der Waals surface area (Å²) in [5.41, 5.74) is 3.68. The molecule has 4 aromatic rings. The van der Waals surface area contributed by atoms with Crippen molar-refractivity contribution in [3.63, 3.8) is 0 Å². The first kappa shape index (κ1) is 21.0. The van der Waals surface area contributed by atoms with Crippen LogP contribution in [0.3, 0.4) is 0 Å². The van der Waals surface area contributed by atoms with Crippen molar-refractivity contribution in [3.8, 4) is 5.82 Å². The number of nitrogens with one attached hydrogen (secondary N) is 2. The minimum atomic E-state index is -0.127. The van der Waals surface area contributed by atoms with E-state index in [0.717, 1.165) is 42.8 Å². The SMILES string of the molecule is CNC(=O)c1cn(-c2ccnc(Nc3ccc(N4CCN(C)CC4)cc3)n2)c2ccccc12. The summed E-state index contributed by atoms with van der Waals surface area (Å²) < 4.78 is 1.92. The van der Waals surface area contributed by atoms with Crippen molar-refractivity contribution in [1.82, 2.24) is 24.8 Å². The van der Waals surface area contributed by atoms with Crippen molar-refractivity contribution in [2.75, 3.05) is 50.5 Å². The summed E-state index contributed by atoms with van der Waals surface area (Å²) in [6.45, 7) is 4.24. The average Bonchev–Trinajstić information content (AvgIpc) is 3.25. The Hall–Kier alpha value is -3.91. The second kappa shape index (κ2) is 8.91. The van der Waals surface area contributed by atoms with Gasteiger partial charge in [0.2, 0.25) is 5.95 Å². The molecule has 3 heterocycles. The van der Waals surface area contributed by atoms with Gasteiger partial charge in [0.1, 0.15) is 5.82 Å². The van der Waals surface area contributed by atoms with E-state index in [-0.39, 0.29) is 5.91 Å². The zero-order valence-corrected chi connectivity index (χ0v) is 18.8. The van der Waals surface area contributed by atoms with E-state index in [9.17, 15) is 4.79 Å². The van der Waals surface area contributed by atoms with Crippen LogP contribution >= 0.6 is 0 Å². The highest BCUT2D eigenvalue weighted by molar-refractivity contribution is 6.07. The first-order valence-electron chi connectivity index (χ1n) is 11.1. The Morgan fingerprint density at radius 1 is 0.970 bits per heavy atom. The summed E-state index contributed by atoms with van der Waals surface area (Å²) in [7, 11) is 3.80. The lowest BCUT2D eigenvalue weighted by atomic mass is 10.2. The minimum Gasteiger partial charge on any atom is -0.369 e. The van der Waals surface area contributed by atoms with E-state index < -0.39 is 0 Å². The van der Waals surface area contributed by atoms with Crippen LogP contribution in [0.5, 0.6) is 0 Å². The number of hydrogen-bond donors (Lipinski definition) is 2. The Balaban J connectivity index is 1.39. The summed E-state index contributed by atoms with van der Waals surface area (Å²) in [6, 6.07) is 18.0. The Morgan fingerprint density at radius 3 is 2.48 bits per heavy atom. The predicted molar refractivity (Wildman–Crippen MR) is 132 cm³/mol. The Bertz CT molecular complexity index is 1270. The molecular formula is C25H27N7O. The Morgan fingerprint density at radius 2 is 1.73 bits per heavy atom. The smallest absolute Gasteiger partial charge is 0.253 e. The van der Waals surface area contributed by atoms with Gasteiger partial charge in [0.15, 0.2) is 0 Å². The molecule has 1 aliphatic heterocycles. The fourth-order valence-corrected chi connectivity index (χ4v) is 4.18. The molecule has 0 spiro atoms. The molecule has 2 N–H and O–H groups in total. The number of fused-ring (bicyclic) bond motifs is 1. The van der Waals surface area contributed by atoms with E-state index in [2.05, 4.69) is 56.7 Å². The molecule has 0 bridgehead atoms. The van der Waals surface area contributed by atoms with Gasteiger partial charge in [-0.2, -0.15) is 4.98 Å². The van der Waals surface area contributed by atoms with Crippen LogP contribution in [-0.4, -0.2) is 65.6 Å². The van der Waals surface area contributed by atoms with Crippen LogP contribution in [0.1, 0.15) is 10.4 Å². The van der Waals surface area contributed by atoms with Gasteiger partial charge in [0.25, 0.3) is 5.91 Å². The highest BCUT2D eigenvalue weighted by Gasteiger charge is 2.16. The lowest BCUT2D eigenvalue weighted by Gasteiger charge is -2.34. The summed E-state index contributed by atoms with van der Waals surface area (Å²) in [5.74, 6) is 1.06. The lowest BCUT2D eigenvalue weighted by molar-refractivity contribution is 0.0964. The third kappa shape index (κ3) is 4.25. The van der Waals surface area contributed by atoms with Gasteiger partial charge in [-0.1, -0.05) is 18.2 Å². The number of benzene rings is 2. The maximum absolute atomic E-state index is 12.4. The molecule has 1 aliphatic rings. The summed E-state index contributed by atoms with van der Waals surface area (Å²) in [4.78, 5) is 26.2. The molecule has 2 aromatic heterocycles. The third-order valence-electron chi connectivity index (χ3n) is 6.06. The van der Waals surface area contributed by atoms with Crippen LogP contribution in [0, 0.1) is 0 Å². The van der Waals surface area contributed by atoms with E-state index in [1.54, 1.807) is 13.2 Å². The summed E-state index contributed by atoms with van der Waals surface area (Å²) in [5, 5.41) is 6.89. The van der Waals surface area contributed by atoms with E-state index >= 15 is 0 Å². The largest absolute Gasteiger partial charge is 0.369 e. The second-order valence-electron chi connectivity index (χ2n) is 8.21. The highest BCUT2D eigenvalue weighted by Crippen LogP contribution is 2.25. The van der Waals surface area contributed by atoms with Crippen molar-refractivity contribution in [2.45, 2.75) is 0 Å². The van der Waals surface area contributed by atoms with E-state index in [4.69, 9.17) is 4.98 Å². The van der Waals surface area contributed by atoms with E-state index in [0.29, 0.717) is 17.3 Å². The quantitative estimate of drug-likeness (QED) is 0.495. The number of likely N-dealkylation sites (N-methyl/N-ethyl adjacent to an activating group) is 1. The van der Waals surface area contributed by atoms with Crippen LogP contribution in [0.25, 0.3) is 16.7 Å². The van der Waals surface area contributed by atoms with E-state index in [1.807, 2.05) is 41.1 Å². The molecule has 33 heavy (non-hydrogen) atoms. The third-order valence-corrected chi connectivity index (χ3v) is 6.06. The molecule has 1 fully saturated rings. The van der Waals surface area contributed by atoms with Gasteiger partial charge in [0, 0.05) is 62.4 Å². The van der Waals surface area contributed by atoms with Crippen molar-refractivity contribution in [2.24, 2.45) is 0 Å². The fourth-order valence-electron chi connectivity index (χ4n) is 4.18. The van der Waals surface area contributed by atoms with Gasteiger partial charge < -0.3 is 25.0 Å². The Labute approximate surface area is 192 Å². The van der Waals surface area contributed by atoms with Crippen molar-refractivity contribution < 1.29 is 4.79 Å². The molecular weight excluding hydrogens is 414 g/mol. The summed E-state index contributed by atoms with van der Waals surface area (Å²) in [6.07, 6.45) is 3.54. The maximum atomic E-state index is 12.4. The number of aromatic nitrogens is 3. The van der Waals surface area contributed by atoms with Gasteiger partial charge in [0.05, 0.1) is 11.1 Å². The molecule has 2 aromatic carbocycles. The number of amides is 1. The molecule has 0 radical (unpaired) electrons. The lowest BCUT2D eigenvalue weighted by Crippen LogP contribution is -2.44. The van der Waals surface area contributed by atoms with Gasteiger partial charge in [-0.3, -0.25) is 4.79 Å². The van der Waals surface area contributed by atoms with Crippen LogP contribution in [-0.2, 0) is 0 Å². The van der Waals surface area contributed by atoms with Crippen molar-refractivity contribution in [3.05, 3.63) is 72.6 Å². The number of nitrogens with zero attached hydrogens (tertiary/aromatic N) is 5. The van der Waals surface area contributed by atoms with Crippen molar-refractivity contribution in [1.29, 1.82) is 0 Å². The van der Waals surface area contributed by atoms with Gasteiger partial charge >= 0.3 is 0 Å². The van der Waals surface area contributed by atoms with Gasteiger partial charge in [-0.15, -0.1) is 0 Å². The van der Waals surface area contributed by atoms with E-state index in [1.165, 1.54) is 5.69 Å². The van der Waals surface area contributed by atoms with Gasteiger partial charge in [-0.25, -0.2) is 4.98 Å². The number of para-hydroxylation sites is 1. The minimum absolute atomic E-state index is 0.127.